The lowest BCUT2D eigenvalue weighted by Crippen LogP contribution is -2.34. The Morgan fingerprint density at radius 1 is 1.32 bits per heavy atom. The number of amides is 2. The number of rotatable bonds is 7. The van der Waals surface area contributed by atoms with E-state index in [1.807, 2.05) is 31.2 Å². The Balaban J connectivity index is 1.86. The summed E-state index contributed by atoms with van der Waals surface area (Å²) in [5.74, 6) is 0.0173. The maximum absolute atomic E-state index is 11.9. The van der Waals surface area contributed by atoms with Crippen molar-refractivity contribution in [2.75, 3.05) is 18.0 Å². The van der Waals surface area contributed by atoms with E-state index in [-0.39, 0.29) is 18.1 Å². The average Bonchev–Trinajstić information content (AvgIpc) is 2.92. The van der Waals surface area contributed by atoms with Crippen LogP contribution in [-0.4, -0.2) is 31.2 Å². The van der Waals surface area contributed by atoms with Crippen molar-refractivity contribution < 1.29 is 14.3 Å². The van der Waals surface area contributed by atoms with Crippen LogP contribution in [0, 0.1) is 0 Å². The zero-order valence-corrected chi connectivity index (χ0v) is 13.3. The molecule has 5 heteroatoms. The molecule has 1 aliphatic rings. The molecule has 0 aromatic heterocycles. The molecule has 1 saturated heterocycles. The van der Waals surface area contributed by atoms with Crippen LogP contribution in [0.2, 0.25) is 0 Å². The van der Waals surface area contributed by atoms with Gasteiger partial charge < -0.3 is 10.1 Å². The fourth-order valence-corrected chi connectivity index (χ4v) is 2.40. The van der Waals surface area contributed by atoms with Crippen LogP contribution < -0.4 is 10.2 Å². The summed E-state index contributed by atoms with van der Waals surface area (Å²) < 4.78 is 5.31. The average molecular weight is 304 g/mol. The molecule has 1 heterocycles. The van der Waals surface area contributed by atoms with Gasteiger partial charge in [-0.25, -0.2) is 4.79 Å². The van der Waals surface area contributed by atoms with Crippen LogP contribution in [0.1, 0.15) is 38.7 Å². The summed E-state index contributed by atoms with van der Waals surface area (Å²) >= 11 is 0. The van der Waals surface area contributed by atoms with E-state index in [0.29, 0.717) is 19.5 Å². The molecular formula is C17H24N2O3. The summed E-state index contributed by atoms with van der Waals surface area (Å²) in [4.78, 5) is 25.2. The van der Waals surface area contributed by atoms with E-state index in [9.17, 15) is 9.59 Å². The van der Waals surface area contributed by atoms with Gasteiger partial charge in [-0.05, 0) is 30.5 Å². The largest absolute Gasteiger partial charge is 0.442 e. The Morgan fingerprint density at radius 3 is 2.68 bits per heavy atom. The molecule has 1 aromatic carbocycles. The number of aryl methyl sites for hydroxylation is 1. The molecule has 1 aromatic rings. The van der Waals surface area contributed by atoms with Gasteiger partial charge in [0, 0.05) is 12.1 Å². The third-order valence-corrected chi connectivity index (χ3v) is 3.81. The lowest BCUT2D eigenvalue weighted by molar-refractivity contribution is -0.121. The van der Waals surface area contributed by atoms with E-state index in [2.05, 4.69) is 12.2 Å². The molecule has 0 radical (unpaired) electrons. The van der Waals surface area contributed by atoms with E-state index in [1.165, 1.54) is 5.56 Å². The second-order valence-corrected chi connectivity index (χ2v) is 5.54. The zero-order valence-electron chi connectivity index (χ0n) is 13.3. The predicted molar refractivity (Wildman–Crippen MR) is 86.0 cm³/mol. The van der Waals surface area contributed by atoms with E-state index in [1.54, 1.807) is 4.90 Å². The first-order valence-electron chi connectivity index (χ1n) is 7.97. The van der Waals surface area contributed by atoms with Crippen molar-refractivity contribution in [3.63, 3.8) is 0 Å². The lowest BCUT2D eigenvalue weighted by atomic mass is 10.1. The standard InChI is InChI=1S/C17H24N2O3/c1-3-5-6-16(20)18-11-15-12-19(17(21)22-15)14-9-7-13(4-2)8-10-14/h7-10,15H,3-6,11-12H2,1-2H3,(H,18,20). The molecule has 2 rings (SSSR count). The van der Waals surface area contributed by atoms with Gasteiger partial charge >= 0.3 is 6.09 Å². The van der Waals surface area contributed by atoms with E-state index in [4.69, 9.17) is 4.74 Å². The number of nitrogens with zero attached hydrogens (tertiary/aromatic N) is 1. The molecule has 0 bridgehead atoms. The van der Waals surface area contributed by atoms with Crippen molar-refractivity contribution in [2.24, 2.45) is 0 Å². The second kappa shape index (κ2) is 7.82. The maximum Gasteiger partial charge on any atom is 0.414 e. The van der Waals surface area contributed by atoms with Crippen molar-refractivity contribution in [3.8, 4) is 0 Å². The van der Waals surface area contributed by atoms with Gasteiger partial charge in [0.1, 0.15) is 6.10 Å². The fourth-order valence-electron chi connectivity index (χ4n) is 2.40. The summed E-state index contributed by atoms with van der Waals surface area (Å²) in [6, 6.07) is 7.90. The molecule has 120 valence electrons. The predicted octanol–water partition coefficient (Wildman–Crippen LogP) is 2.88. The number of hydrogen-bond acceptors (Lipinski definition) is 3. The van der Waals surface area contributed by atoms with Gasteiger partial charge in [-0.3, -0.25) is 9.69 Å². The number of ether oxygens (including phenoxy) is 1. The number of carbonyl (C=O) groups is 2. The minimum Gasteiger partial charge on any atom is -0.442 e. The first-order chi connectivity index (χ1) is 10.6. The van der Waals surface area contributed by atoms with Crippen molar-refractivity contribution in [2.45, 2.75) is 45.6 Å². The summed E-state index contributed by atoms with van der Waals surface area (Å²) in [7, 11) is 0. The Labute approximate surface area is 131 Å². The van der Waals surface area contributed by atoms with Gasteiger partial charge in [-0.1, -0.05) is 32.4 Å². The molecule has 0 aliphatic carbocycles. The van der Waals surface area contributed by atoms with Crippen LogP contribution >= 0.6 is 0 Å². The van der Waals surface area contributed by atoms with Crippen LogP contribution in [0.4, 0.5) is 10.5 Å². The van der Waals surface area contributed by atoms with Gasteiger partial charge in [-0.15, -0.1) is 0 Å². The molecule has 22 heavy (non-hydrogen) atoms. The van der Waals surface area contributed by atoms with Crippen molar-refractivity contribution >= 4 is 17.7 Å². The number of anilines is 1. The highest BCUT2D eigenvalue weighted by molar-refractivity contribution is 5.89. The zero-order chi connectivity index (χ0) is 15.9. The molecule has 5 nitrogen and oxygen atoms in total. The Bertz CT molecular complexity index is 513. The highest BCUT2D eigenvalue weighted by atomic mass is 16.6. The minimum absolute atomic E-state index is 0.0173. The molecule has 1 fully saturated rings. The van der Waals surface area contributed by atoms with Crippen molar-refractivity contribution in [1.82, 2.24) is 5.32 Å². The Kier molecular flexibility index (Phi) is 5.81. The first kappa shape index (κ1) is 16.3. The molecule has 1 unspecified atom stereocenters. The van der Waals surface area contributed by atoms with Crippen molar-refractivity contribution in [1.29, 1.82) is 0 Å². The Morgan fingerprint density at radius 2 is 2.05 bits per heavy atom. The number of carbonyl (C=O) groups excluding carboxylic acids is 2. The SMILES string of the molecule is CCCCC(=O)NCC1CN(c2ccc(CC)cc2)C(=O)O1. The molecular weight excluding hydrogens is 280 g/mol. The normalized spacial score (nSPS) is 17.5. The number of hydrogen-bond donors (Lipinski definition) is 1. The number of nitrogens with one attached hydrogen (secondary N) is 1. The molecule has 1 N–H and O–H groups in total. The van der Waals surface area contributed by atoms with E-state index in [0.717, 1.165) is 24.9 Å². The Hall–Kier alpha value is -2.04. The molecule has 0 spiro atoms. The third kappa shape index (κ3) is 4.23. The topological polar surface area (TPSA) is 58.6 Å². The number of cyclic esters (lactones) is 1. The van der Waals surface area contributed by atoms with Gasteiger partial charge in [0.25, 0.3) is 0 Å². The van der Waals surface area contributed by atoms with Crippen LogP contribution in [0.15, 0.2) is 24.3 Å². The summed E-state index contributed by atoms with van der Waals surface area (Å²) in [5, 5.41) is 2.83. The van der Waals surface area contributed by atoms with Gasteiger partial charge in [-0.2, -0.15) is 0 Å². The summed E-state index contributed by atoms with van der Waals surface area (Å²) in [6.07, 6.45) is 2.73. The highest BCUT2D eigenvalue weighted by Gasteiger charge is 2.32. The van der Waals surface area contributed by atoms with Crippen LogP contribution in [0.5, 0.6) is 0 Å². The number of unbranched alkanes of at least 4 members (excludes halogenated alkanes) is 1. The van der Waals surface area contributed by atoms with Crippen molar-refractivity contribution in [3.05, 3.63) is 29.8 Å². The molecule has 1 atom stereocenters. The third-order valence-electron chi connectivity index (χ3n) is 3.81. The monoisotopic (exact) mass is 304 g/mol. The summed E-state index contributed by atoms with van der Waals surface area (Å²) in [5.41, 5.74) is 2.07. The second-order valence-electron chi connectivity index (χ2n) is 5.54. The molecule has 1 aliphatic heterocycles. The first-order valence-corrected chi connectivity index (χ1v) is 7.97. The van der Waals surface area contributed by atoms with E-state index >= 15 is 0 Å². The minimum atomic E-state index is -0.350. The van der Waals surface area contributed by atoms with Crippen LogP contribution in [0.3, 0.4) is 0 Å². The van der Waals surface area contributed by atoms with Gasteiger partial charge in [0.2, 0.25) is 5.91 Å². The smallest absolute Gasteiger partial charge is 0.414 e. The highest BCUT2D eigenvalue weighted by Crippen LogP contribution is 2.22. The quantitative estimate of drug-likeness (QED) is 0.842. The van der Waals surface area contributed by atoms with Gasteiger partial charge in [0.15, 0.2) is 0 Å². The van der Waals surface area contributed by atoms with Crippen LogP contribution in [-0.2, 0) is 16.0 Å². The van der Waals surface area contributed by atoms with E-state index < -0.39 is 0 Å². The maximum atomic E-state index is 11.9. The van der Waals surface area contributed by atoms with Crippen LogP contribution in [0.25, 0.3) is 0 Å². The molecule has 0 saturated carbocycles. The van der Waals surface area contributed by atoms with Gasteiger partial charge in [0.05, 0.1) is 13.1 Å². The molecule has 2 amide bonds. The lowest BCUT2D eigenvalue weighted by Gasteiger charge is -2.13. The summed E-state index contributed by atoms with van der Waals surface area (Å²) in [6.45, 7) is 4.99. The number of benzene rings is 1. The fraction of sp³-hybridized carbons (Fsp3) is 0.529.